The number of nitrogens with zero attached hydrogens (tertiary/aromatic N) is 2. The summed E-state index contributed by atoms with van der Waals surface area (Å²) in [5.74, 6) is 0.480. The number of rotatable bonds is 6. The molecule has 1 aliphatic heterocycles. The third-order valence-electron chi connectivity index (χ3n) is 5.16. The van der Waals surface area contributed by atoms with Crippen LogP contribution in [0.3, 0.4) is 0 Å². The normalized spacial score (nSPS) is 14.7. The van der Waals surface area contributed by atoms with Crippen molar-refractivity contribution in [3.8, 4) is 5.75 Å². The Morgan fingerprint density at radius 3 is 2.22 bits per heavy atom. The molecule has 0 N–H and O–H groups in total. The first-order valence-corrected chi connectivity index (χ1v) is 10.8. The zero-order chi connectivity index (χ0) is 23.1. The van der Waals surface area contributed by atoms with Gasteiger partial charge in [0.05, 0.1) is 12.7 Å². The molecule has 1 aliphatic rings. The van der Waals surface area contributed by atoms with Crippen molar-refractivity contribution in [1.29, 1.82) is 0 Å². The Morgan fingerprint density at radius 1 is 0.938 bits per heavy atom. The van der Waals surface area contributed by atoms with Gasteiger partial charge in [-0.3, -0.25) is 4.90 Å². The monoisotopic (exact) mass is 440 g/mol. The Bertz CT molecular complexity index is 913. The summed E-state index contributed by atoms with van der Waals surface area (Å²) in [5.41, 5.74) is 2.11. The van der Waals surface area contributed by atoms with E-state index >= 15 is 0 Å². The summed E-state index contributed by atoms with van der Waals surface area (Å²) in [6.07, 6.45) is -0.251. The second-order valence-electron chi connectivity index (χ2n) is 8.83. The molecule has 1 saturated heterocycles. The summed E-state index contributed by atoms with van der Waals surface area (Å²) in [4.78, 5) is 27.9. The molecule has 0 radical (unpaired) electrons. The smallest absolute Gasteiger partial charge is 0.410 e. The van der Waals surface area contributed by atoms with E-state index in [1.54, 1.807) is 17.0 Å². The fourth-order valence-electron chi connectivity index (χ4n) is 3.45. The van der Waals surface area contributed by atoms with Gasteiger partial charge < -0.3 is 19.1 Å². The van der Waals surface area contributed by atoms with Gasteiger partial charge in [0.1, 0.15) is 18.0 Å². The number of benzene rings is 2. The topological polar surface area (TPSA) is 68.3 Å². The van der Waals surface area contributed by atoms with Gasteiger partial charge in [0.15, 0.2) is 0 Å². The van der Waals surface area contributed by atoms with Gasteiger partial charge >= 0.3 is 12.1 Å². The molecular weight excluding hydrogens is 408 g/mol. The predicted molar refractivity (Wildman–Crippen MR) is 122 cm³/mol. The van der Waals surface area contributed by atoms with Crippen LogP contribution in [-0.2, 0) is 22.6 Å². The molecule has 172 valence electrons. The van der Waals surface area contributed by atoms with Crippen LogP contribution in [0.4, 0.5) is 4.79 Å². The Labute approximate surface area is 189 Å². The molecule has 0 bridgehead atoms. The number of carbonyl (C=O) groups is 2. The Hall–Kier alpha value is -3.06. The lowest BCUT2D eigenvalue weighted by atomic mass is 10.1. The standard InChI is InChI=1S/C25H32N2O5/c1-25(2,3)32-24(29)27-15-13-26(14-16-27)17-21-7-5-6-8-22(21)31-18-19-9-11-20(12-10-19)23(28)30-4/h5-12H,13-18H2,1-4H3. The Morgan fingerprint density at radius 2 is 1.59 bits per heavy atom. The number of amides is 1. The van der Waals surface area contributed by atoms with Gasteiger partial charge in [-0.15, -0.1) is 0 Å². The van der Waals surface area contributed by atoms with Crippen molar-refractivity contribution in [2.45, 2.75) is 39.5 Å². The number of hydrogen-bond acceptors (Lipinski definition) is 6. The van der Waals surface area contributed by atoms with Gasteiger partial charge in [-0.1, -0.05) is 30.3 Å². The summed E-state index contributed by atoms with van der Waals surface area (Å²) in [6.45, 7) is 9.65. The van der Waals surface area contributed by atoms with E-state index in [0.29, 0.717) is 25.3 Å². The molecule has 0 aliphatic carbocycles. The largest absolute Gasteiger partial charge is 0.489 e. The molecule has 7 nitrogen and oxygen atoms in total. The number of piperazine rings is 1. The van der Waals surface area contributed by atoms with Gasteiger partial charge in [-0.25, -0.2) is 9.59 Å². The van der Waals surface area contributed by atoms with Crippen molar-refractivity contribution >= 4 is 12.1 Å². The van der Waals surface area contributed by atoms with Crippen LogP contribution >= 0.6 is 0 Å². The minimum absolute atomic E-state index is 0.251. The molecule has 0 aromatic heterocycles. The molecule has 7 heteroatoms. The highest BCUT2D eigenvalue weighted by atomic mass is 16.6. The third-order valence-corrected chi connectivity index (χ3v) is 5.16. The second kappa shape index (κ2) is 10.5. The molecule has 0 saturated carbocycles. The van der Waals surface area contributed by atoms with Gasteiger partial charge in [-0.2, -0.15) is 0 Å². The fraction of sp³-hybridized carbons (Fsp3) is 0.440. The predicted octanol–water partition coefficient (Wildman–Crippen LogP) is 4.10. The van der Waals surface area contributed by atoms with Crippen molar-refractivity contribution in [2.75, 3.05) is 33.3 Å². The van der Waals surface area contributed by atoms with Crippen LogP contribution in [0.2, 0.25) is 0 Å². The third kappa shape index (κ3) is 6.72. The molecule has 0 unspecified atom stereocenters. The molecule has 3 rings (SSSR count). The molecule has 0 atom stereocenters. The number of ether oxygens (including phenoxy) is 3. The SMILES string of the molecule is COC(=O)c1ccc(COc2ccccc2CN2CCN(C(=O)OC(C)(C)C)CC2)cc1. The highest BCUT2D eigenvalue weighted by molar-refractivity contribution is 5.89. The lowest BCUT2D eigenvalue weighted by Crippen LogP contribution is -2.49. The average Bonchev–Trinajstić information content (AvgIpc) is 2.77. The van der Waals surface area contributed by atoms with Crippen LogP contribution < -0.4 is 4.74 Å². The summed E-state index contributed by atoms with van der Waals surface area (Å²) in [6, 6.07) is 15.2. The van der Waals surface area contributed by atoms with Crippen molar-refractivity contribution in [1.82, 2.24) is 9.80 Å². The van der Waals surface area contributed by atoms with Crippen LogP contribution in [0.15, 0.2) is 48.5 Å². The first-order valence-electron chi connectivity index (χ1n) is 10.8. The van der Waals surface area contributed by atoms with E-state index in [9.17, 15) is 9.59 Å². The number of para-hydroxylation sites is 1. The quantitative estimate of drug-likeness (QED) is 0.630. The van der Waals surface area contributed by atoms with Crippen molar-refractivity contribution in [2.24, 2.45) is 0 Å². The summed E-state index contributed by atoms with van der Waals surface area (Å²) < 4.78 is 16.3. The highest BCUT2D eigenvalue weighted by Gasteiger charge is 2.26. The molecule has 2 aromatic rings. The lowest BCUT2D eigenvalue weighted by molar-refractivity contribution is 0.0138. The van der Waals surface area contributed by atoms with Gasteiger partial charge in [0.2, 0.25) is 0 Å². The molecule has 1 fully saturated rings. The van der Waals surface area contributed by atoms with Crippen LogP contribution in [0.5, 0.6) is 5.75 Å². The van der Waals surface area contributed by atoms with E-state index in [0.717, 1.165) is 36.5 Å². The average molecular weight is 441 g/mol. The molecule has 2 aromatic carbocycles. The Balaban J connectivity index is 1.54. The fourth-order valence-corrected chi connectivity index (χ4v) is 3.45. The van der Waals surface area contributed by atoms with Crippen molar-refractivity contribution in [3.63, 3.8) is 0 Å². The zero-order valence-corrected chi connectivity index (χ0v) is 19.3. The zero-order valence-electron chi connectivity index (χ0n) is 19.3. The maximum atomic E-state index is 12.3. The molecule has 32 heavy (non-hydrogen) atoms. The number of methoxy groups -OCH3 is 1. The van der Waals surface area contributed by atoms with Gasteiger partial charge in [0.25, 0.3) is 0 Å². The first-order chi connectivity index (χ1) is 15.2. The lowest BCUT2D eigenvalue weighted by Gasteiger charge is -2.35. The molecule has 0 spiro atoms. The molecular formula is C25H32N2O5. The minimum atomic E-state index is -0.482. The van der Waals surface area contributed by atoms with E-state index in [2.05, 4.69) is 11.0 Å². The van der Waals surface area contributed by atoms with Gasteiger partial charge in [-0.05, 0) is 44.5 Å². The highest BCUT2D eigenvalue weighted by Crippen LogP contribution is 2.22. The van der Waals surface area contributed by atoms with Crippen LogP contribution in [0.25, 0.3) is 0 Å². The van der Waals surface area contributed by atoms with Crippen LogP contribution in [0.1, 0.15) is 42.3 Å². The number of esters is 1. The summed E-state index contributed by atoms with van der Waals surface area (Å²) in [5, 5.41) is 0. The van der Waals surface area contributed by atoms with E-state index < -0.39 is 5.60 Å². The number of carbonyl (C=O) groups excluding carboxylic acids is 2. The molecule has 1 heterocycles. The van der Waals surface area contributed by atoms with Crippen molar-refractivity contribution < 1.29 is 23.8 Å². The Kier molecular flexibility index (Phi) is 7.75. The summed E-state index contributed by atoms with van der Waals surface area (Å²) >= 11 is 0. The van der Waals surface area contributed by atoms with E-state index in [1.807, 2.05) is 51.1 Å². The maximum absolute atomic E-state index is 12.3. The van der Waals surface area contributed by atoms with Gasteiger partial charge in [0, 0.05) is 38.3 Å². The van der Waals surface area contributed by atoms with Crippen molar-refractivity contribution in [3.05, 3.63) is 65.2 Å². The maximum Gasteiger partial charge on any atom is 0.410 e. The summed E-state index contributed by atoms with van der Waals surface area (Å²) in [7, 11) is 1.37. The number of hydrogen-bond donors (Lipinski definition) is 0. The van der Waals surface area contributed by atoms with E-state index in [4.69, 9.17) is 14.2 Å². The first kappa shape index (κ1) is 23.6. The second-order valence-corrected chi connectivity index (χ2v) is 8.83. The van der Waals surface area contributed by atoms with Crippen LogP contribution in [-0.4, -0.2) is 60.8 Å². The van der Waals surface area contributed by atoms with E-state index in [-0.39, 0.29) is 12.1 Å². The van der Waals surface area contributed by atoms with E-state index in [1.165, 1.54) is 7.11 Å². The minimum Gasteiger partial charge on any atom is -0.489 e. The van der Waals surface area contributed by atoms with Crippen LogP contribution in [0, 0.1) is 0 Å². The molecule has 1 amide bonds.